The Labute approximate surface area is 94.7 Å². The molecule has 1 aliphatic rings. The van der Waals surface area contributed by atoms with Crippen molar-refractivity contribution in [3.05, 3.63) is 0 Å². The lowest BCUT2D eigenvalue weighted by molar-refractivity contribution is -0.139. The van der Waals surface area contributed by atoms with Crippen LogP contribution >= 0.6 is 0 Å². The number of aliphatic hydroxyl groups is 1. The maximum Gasteiger partial charge on any atom is 0.236 e. The fourth-order valence-electron chi connectivity index (χ4n) is 1.50. The Morgan fingerprint density at radius 3 is 2.38 bits per heavy atom. The highest BCUT2D eigenvalue weighted by Crippen LogP contribution is 2.48. The topological polar surface area (TPSA) is 99.2 Å². The maximum atomic E-state index is 12.2. The van der Waals surface area contributed by atoms with Gasteiger partial charge in [0.25, 0.3) is 0 Å². The third kappa shape index (κ3) is 1.84. The zero-order chi connectivity index (χ0) is 12.6. The van der Waals surface area contributed by atoms with Gasteiger partial charge in [-0.05, 0) is 26.7 Å². The van der Waals surface area contributed by atoms with Crippen molar-refractivity contribution < 1.29 is 15.1 Å². The number of carbonyl (C=O) groups excluding carboxylic acids is 1. The molecular formula is C10H19N3O3. The van der Waals surface area contributed by atoms with Gasteiger partial charge in [-0.2, -0.15) is 0 Å². The van der Waals surface area contributed by atoms with E-state index in [-0.39, 0.29) is 18.3 Å². The minimum Gasteiger partial charge on any atom is -0.409 e. The summed E-state index contributed by atoms with van der Waals surface area (Å²) in [6.45, 7) is 3.38. The molecule has 0 spiro atoms. The molecular weight excluding hydrogens is 210 g/mol. The first-order chi connectivity index (χ1) is 7.31. The van der Waals surface area contributed by atoms with Crippen molar-refractivity contribution in [1.29, 1.82) is 0 Å². The van der Waals surface area contributed by atoms with Crippen molar-refractivity contribution in [2.75, 3.05) is 13.7 Å². The van der Waals surface area contributed by atoms with Crippen LogP contribution < -0.4 is 5.73 Å². The number of amides is 1. The third-order valence-electron chi connectivity index (χ3n) is 3.36. The zero-order valence-electron chi connectivity index (χ0n) is 9.90. The predicted molar refractivity (Wildman–Crippen MR) is 59.0 cm³/mol. The van der Waals surface area contributed by atoms with Crippen LogP contribution in [0.15, 0.2) is 5.16 Å². The van der Waals surface area contributed by atoms with Crippen LogP contribution in [-0.2, 0) is 4.79 Å². The Hall–Kier alpha value is -1.30. The van der Waals surface area contributed by atoms with Gasteiger partial charge in [-0.1, -0.05) is 5.16 Å². The van der Waals surface area contributed by atoms with Gasteiger partial charge in [0.1, 0.15) is 5.41 Å². The lowest BCUT2D eigenvalue weighted by Crippen LogP contribution is -2.52. The molecule has 6 heteroatoms. The quantitative estimate of drug-likeness (QED) is 0.268. The summed E-state index contributed by atoms with van der Waals surface area (Å²) >= 11 is 0. The number of carbonyl (C=O) groups is 1. The number of oxime groups is 1. The third-order valence-corrected chi connectivity index (χ3v) is 3.36. The van der Waals surface area contributed by atoms with Gasteiger partial charge in [0.15, 0.2) is 5.84 Å². The number of nitrogens with two attached hydrogens (primary N) is 1. The van der Waals surface area contributed by atoms with Crippen LogP contribution in [0.4, 0.5) is 0 Å². The second-order valence-electron chi connectivity index (χ2n) is 4.90. The molecule has 1 aliphatic carbocycles. The Kier molecular flexibility index (Phi) is 3.14. The van der Waals surface area contributed by atoms with Crippen LogP contribution in [0.3, 0.4) is 0 Å². The van der Waals surface area contributed by atoms with Gasteiger partial charge in [0, 0.05) is 7.05 Å². The van der Waals surface area contributed by atoms with E-state index in [4.69, 9.17) is 10.9 Å². The summed E-state index contributed by atoms with van der Waals surface area (Å²) in [5.41, 5.74) is 4.03. The minimum absolute atomic E-state index is 0.0434. The maximum absolute atomic E-state index is 12.2. The van der Waals surface area contributed by atoms with Gasteiger partial charge in [-0.25, -0.2) is 0 Å². The van der Waals surface area contributed by atoms with Crippen molar-refractivity contribution in [2.24, 2.45) is 16.3 Å². The smallest absolute Gasteiger partial charge is 0.236 e. The number of hydrogen-bond donors (Lipinski definition) is 3. The van der Waals surface area contributed by atoms with E-state index in [9.17, 15) is 9.90 Å². The van der Waals surface area contributed by atoms with Crippen LogP contribution in [0.25, 0.3) is 0 Å². The fraction of sp³-hybridized carbons (Fsp3) is 0.800. The highest BCUT2D eigenvalue weighted by Gasteiger charge is 2.56. The molecule has 0 unspecified atom stereocenters. The number of nitrogens with zero attached hydrogens (tertiary/aromatic N) is 2. The van der Waals surface area contributed by atoms with Gasteiger partial charge < -0.3 is 20.9 Å². The number of hydrogen-bond acceptors (Lipinski definition) is 4. The first-order valence-electron chi connectivity index (χ1n) is 5.19. The second kappa shape index (κ2) is 3.93. The first kappa shape index (κ1) is 12.8. The summed E-state index contributed by atoms with van der Waals surface area (Å²) in [6, 6.07) is 0. The normalized spacial score (nSPS) is 19.4. The van der Waals surface area contributed by atoms with Crippen LogP contribution in [0, 0.1) is 5.41 Å². The summed E-state index contributed by atoms with van der Waals surface area (Å²) in [5.74, 6) is -0.250. The van der Waals surface area contributed by atoms with Crippen molar-refractivity contribution in [3.8, 4) is 0 Å². The van der Waals surface area contributed by atoms with Crippen LogP contribution in [-0.4, -0.2) is 46.1 Å². The molecule has 0 heterocycles. The van der Waals surface area contributed by atoms with E-state index in [0.717, 1.165) is 0 Å². The Morgan fingerprint density at radius 2 is 2.06 bits per heavy atom. The molecule has 0 aromatic rings. The summed E-state index contributed by atoms with van der Waals surface area (Å²) in [7, 11) is 1.61. The molecule has 0 aromatic heterocycles. The summed E-state index contributed by atoms with van der Waals surface area (Å²) < 4.78 is 0. The molecule has 0 atom stereocenters. The Bertz CT molecular complexity index is 321. The molecule has 1 amide bonds. The van der Waals surface area contributed by atoms with Gasteiger partial charge >= 0.3 is 0 Å². The van der Waals surface area contributed by atoms with Gasteiger partial charge in [-0.15, -0.1) is 0 Å². The van der Waals surface area contributed by atoms with Crippen molar-refractivity contribution in [2.45, 2.75) is 32.2 Å². The largest absolute Gasteiger partial charge is 0.409 e. The first-order valence-corrected chi connectivity index (χ1v) is 5.19. The summed E-state index contributed by atoms with van der Waals surface area (Å²) in [4.78, 5) is 13.6. The molecule has 1 fully saturated rings. The number of rotatable bonds is 4. The van der Waals surface area contributed by atoms with E-state index in [1.807, 2.05) is 0 Å². The minimum atomic E-state index is -0.851. The second-order valence-corrected chi connectivity index (χ2v) is 4.90. The Balaban J connectivity index is 2.88. The van der Waals surface area contributed by atoms with Crippen molar-refractivity contribution in [1.82, 2.24) is 4.90 Å². The SMILES string of the molecule is CN(C(=O)C1(C(N)=NO)CC1)C(C)(C)CO. The van der Waals surface area contributed by atoms with Crippen LogP contribution in [0.1, 0.15) is 26.7 Å². The molecule has 0 aliphatic heterocycles. The van der Waals surface area contributed by atoms with Crippen LogP contribution in [0.5, 0.6) is 0 Å². The summed E-state index contributed by atoms with van der Waals surface area (Å²) in [5, 5.41) is 20.8. The number of likely N-dealkylation sites (N-methyl/N-ethyl adjacent to an activating group) is 1. The fourth-order valence-corrected chi connectivity index (χ4v) is 1.50. The molecule has 1 rings (SSSR count). The monoisotopic (exact) mass is 229 g/mol. The van der Waals surface area contributed by atoms with E-state index >= 15 is 0 Å². The van der Waals surface area contributed by atoms with Gasteiger partial charge in [-0.3, -0.25) is 4.79 Å². The van der Waals surface area contributed by atoms with Gasteiger partial charge in [0.05, 0.1) is 12.1 Å². The van der Waals surface area contributed by atoms with Crippen LogP contribution in [0.2, 0.25) is 0 Å². The molecule has 16 heavy (non-hydrogen) atoms. The van der Waals surface area contributed by atoms with Crippen molar-refractivity contribution in [3.63, 3.8) is 0 Å². The predicted octanol–water partition coefficient (Wildman–Crippen LogP) is -0.258. The summed E-state index contributed by atoms with van der Waals surface area (Å²) in [6.07, 6.45) is 1.18. The average Bonchev–Trinajstić information content (AvgIpc) is 3.07. The molecule has 0 aromatic carbocycles. The van der Waals surface area contributed by atoms with E-state index in [1.165, 1.54) is 4.90 Å². The lowest BCUT2D eigenvalue weighted by atomic mass is 9.98. The lowest BCUT2D eigenvalue weighted by Gasteiger charge is -2.36. The standard InChI is InChI=1S/C10H19N3O3/c1-9(2,6-14)13(3)8(15)10(4-5-10)7(11)12-16/h14,16H,4-6H2,1-3H3,(H2,11,12). The molecule has 4 N–H and O–H groups in total. The zero-order valence-corrected chi connectivity index (χ0v) is 9.90. The molecule has 0 bridgehead atoms. The van der Waals surface area contributed by atoms with Crippen molar-refractivity contribution >= 4 is 11.7 Å². The molecule has 6 nitrogen and oxygen atoms in total. The molecule has 0 radical (unpaired) electrons. The molecule has 1 saturated carbocycles. The number of aliphatic hydroxyl groups excluding tert-OH is 1. The Morgan fingerprint density at radius 1 is 1.56 bits per heavy atom. The van der Waals surface area contributed by atoms with E-state index in [0.29, 0.717) is 12.8 Å². The van der Waals surface area contributed by atoms with Gasteiger partial charge in [0.2, 0.25) is 5.91 Å². The highest BCUT2D eigenvalue weighted by atomic mass is 16.4. The molecule has 92 valence electrons. The average molecular weight is 229 g/mol. The molecule has 0 saturated heterocycles. The highest BCUT2D eigenvalue weighted by molar-refractivity contribution is 6.09. The van der Waals surface area contributed by atoms with E-state index in [2.05, 4.69) is 5.16 Å². The van der Waals surface area contributed by atoms with E-state index in [1.54, 1.807) is 20.9 Å². The van der Waals surface area contributed by atoms with E-state index < -0.39 is 11.0 Å². The number of amidine groups is 1.